The van der Waals surface area contributed by atoms with Crippen molar-refractivity contribution >= 4 is 41.6 Å². The normalized spacial score (nSPS) is 22.0. The van der Waals surface area contributed by atoms with E-state index in [2.05, 4.69) is 26.6 Å². The van der Waals surface area contributed by atoms with E-state index in [4.69, 9.17) is 17.2 Å². The first-order valence-electron chi connectivity index (χ1n) is 18.1. The maximum absolute atomic E-state index is 13.9. The molecular formula is C37H58N8O7. The molecule has 2 rings (SSSR count). The lowest BCUT2D eigenvalue weighted by Crippen LogP contribution is -2.59. The number of nitrogens with two attached hydrogens (primary N) is 3. The molecule has 1 aromatic rings. The Hall–Kier alpha value is -4.60. The van der Waals surface area contributed by atoms with Crippen LogP contribution >= 0.6 is 0 Å². The third-order valence-electron chi connectivity index (χ3n) is 8.49. The number of rotatable bonds is 18. The first-order valence-corrected chi connectivity index (χ1v) is 18.1. The lowest BCUT2D eigenvalue weighted by Gasteiger charge is -2.27. The van der Waals surface area contributed by atoms with Crippen LogP contribution in [-0.2, 0) is 28.8 Å². The smallest absolute Gasteiger partial charge is 0.326 e. The second kappa shape index (κ2) is 23.8. The summed E-state index contributed by atoms with van der Waals surface area (Å²) in [6.07, 6.45) is 9.70. The van der Waals surface area contributed by atoms with Gasteiger partial charge in [0.05, 0.1) is 6.04 Å². The number of carbonyl (C=O) groups is 6. The third kappa shape index (κ3) is 16.2. The number of aliphatic carboxylic acids is 1. The molecule has 0 aliphatic carbocycles. The van der Waals surface area contributed by atoms with Crippen molar-refractivity contribution in [2.45, 2.75) is 114 Å². The van der Waals surface area contributed by atoms with Crippen molar-refractivity contribution in [2.24, 2.45) is 23.1 Å². The van der Waals surface area contributed by atoms with Crippen LogP contribution in [0.4, 0.5) is 0 Å². The van der Waals surface area contributed by atoms with Crippen LogP contribution in [0.3, 0.4) is 0 Å². The lowest BCUT2D eigenvalue weighted by molar-refractivity contribution is -0.142. The van der Waals surface area contributed by atoms with E-state index in [-0.39, 0.29) is 44.4 Å². The topological polar surface area (TPSA) is 261 Å². The Morgan fingerprint density at radius 3 is 1.98 bits per heavy atom. The summed E-state index contributed by atoms with van der Waals surface area (Å²) in [5.74, 6) is -4.38. The quantitative estimate of drug-likeness (QED) is 0.0751. The van der Waals surface area contributed by atoms with Gasteiger partial charge in [-0.2, -0.15) is 0 Å². The predicted octanol–water partition coefficient (Wildman–Crippen LogP) is 0.580. The van der Waals surface area contributed by atoms with Crippen LogP contribution in [0, 0.1) is 5.92 Å². The van der Waals surface area contributed by atoms with Crippen molar-refractivity contribution in [1.82, 2.24) is 26.6 Å². The van der Waals surface area contributed by atoms with Gasteiger partial charge in [-0.05, 0) is 88.8 Å². The van der Waals surface area contributed by atoms with Crippen LogP contribution in [-0.4, -0.2) is 90.0 Å². The highest BCUT2D eigenvalue weighted by atomic mass is 16.4. The molecule has 1 aliphatic heterocycles. The summed E-state index contributed by atoms with van der Waals surface area (Å²) in [6.45, 7) is 4.45. The molecule has 0 saturated heterocycles. The number of carboxylic acids is 1. The summed E-state index contributed by atoms with van der Waals surface area (Å²) < 4.78 is 0. The molecule has 1 heterocycles. The fraction of sp³-hybridized carbons (Fsp3) is 0.568. The van der Waals surface area contributed by atoms with Gasteiger partial charge in [0.25, 0.3) is 0 Å². The molecule has 0 spiro atoms. The Balaban J connectivity index is 2.41. The molecule has 1 aliphatic rings. The molecule has 0 radical (unpaired) electrons. The Morgan fingerprint density at radius 1 is 0.827 bits per heavy atom. The van der Waals surface area contributed by atoms with Crippen molar-refractivity contribution in [3.63, 3.8) is 0 Å². The number of carbonyl (C=O) groups excluding carboxylic acids is 5. The standard InChI is InChI=1S/C37H58N8O7/c1-24(2)23-31(37(51)52)45-36(50)30(20-12-15-25-13-4-3-5-14-25)44-34(48)28-17-7-6-16-26(40)32(46)41-27(18-8-10-21-38)33(47)43-29(35(49)42-28)19-9-11-22-39/h3-7,12-15,24,26-31H,8-11,16-23,38-40H2,1-2H3,(H,41,46)(H,42,49)(H,43,47)(H,44,48)(H,45,50)(H,51,52)/b7-6+,15-12+/t26-,27-,28-,29-,30-,31-/m0/s1. The van der Waals surface area contributed by atoms with E-state index in [1.54, 1.807) is 24.3 Å². The van der Waals surface area contributed by atoms with Gasteiger partial charge in [0, 0.05) is 0 Å². The Kier molecular flexibility index (Phi) is 19.9. The van der Waals surface area contributed by atoms with E-state index < -0.39 is 71.8 Å². The van der Waals surface area contributed by atoms with E-state index in [0.717, 1.165) is 5.56 Å². The molecule has 0 unspecified atom stereocenters. The van der Waals surface area contributed by atoms with Crippen molar-refractivity contribution < 1.29 is 33.9 Å². The molecule has 0 bridgehead atoms. The minimum atomic E-state index is -1.20. The minimum Gasteiger partial charge on any atom is -0.480 e. The van der Waals surface area contributed by atoms with Crippen molar-refractivity contribution in [1.29, 1.82) is 0 Å². The molecule has 12 N–H and O–H groups in total. The van der Waals surface area contributed by atoms with Gasteiger partial charge in [-0.15, -0.1) is 0 Å². The second-order valence-corrected chi connectivity index (χ2v) is 13.4. The number of nitrogens with one attached hydrogen (secondary N) is 5. The molecule has 15 heteroatoms. The Morgan fingerprint density at radius 2 is 1.40 bits per heavy atom. The molecule has 0 fully saturated rings. The van der Waals surface area contributed by atoms with Gasteiger partial charge in [0.15, 0.2) is 0 Å². The summed E-state index contributed by atoms with van der Waals surface area (Å²) in [5.41, 5.74) is 18.3. The average molecular weight is 727 g/mol. The first kappa shape index (κ1) is 43.6. The minimum absolute atomic E-state index is 0.0181. The van der Waals surface area contributed by atoms with Gasteiger partial charge in [0.1, 0.15) is 30.2 Å². The molecule has 5 amide bonds. The van der Waals surface area contributed by atoms with Crippen LogP contribution in [0.15, 0.2) is 48.6 Å². The summed E-state index contributed by atoms with van der Waals surface area (Å²) in [6, 6.07) is 2.71. The maximum Gasteiger partial charge on any atom is 0.326 e. The summed E-state index contributed by atoms with van der Waals surface area (Å²) in [4.78, 5) is 79.5. The van der Waals surface area contributed by atoms with Crippen molar-refractivity contribution in [3.8, 4) is 0 Å². The van der Waals surface area contributed by atoms with Gasteiger partial charge >= 0.3 is 5.97 Å². The summed E-state index contributed by atoms with van der Waals surface area (Å²) >= 11 is 0. The lowest BCUT2D eigenvalue weighted by atomic mass is 10.0. The monoisotopic (exact) mass is 726 g/mol. The number of amides is 5. The van der Waals surface area contributed by atoms with Crippen LogP contribution < -0.4 is 43.8 Å². The number of benzene rings is 1. The van der Waals surface area contributed by atoms with E-state index in [9.17, 15) is 33.9 Å². The molecule has 1 aromatic carbocycles. The van der Waals surface area contributed by atoms with Crippen LogP contribution in [0.1, 0.15) is 83.6 Å². The van der Waals surface area contributed by atoms with E-state index in [0.29, 0.717) is 38.8 Å². The molecule has 288 valence electrons. The molecule has 0 aromatic heterocycles. The van der Waals surface area contributed by atoms with Gasteiger partial charge in [-0.1, -0.05) is 68.5 Å². The fourth-order valence-corrected chi connectivity index (χ4v) is 5.53. The second-order valence-electron chi connectivity index (χ2n) is 13.4. The summed E-state index contributed by atoms with van der Waals surface area (Å²) in [7, 11) is 0. The highest BCUT2D eigenvalue weighted by molar-refractivity contribution is 5.96. The highest BCUT2D eigenvalue weighted by Crippen LogP contribution is 2.11. The molecule has 52 heavy (non-hydrogen) atoms. The largest absolute Gasteiger partial charge is 0.480 e. The zero-order valence-electron chi connectivity index (χ0n) is 30.4. The SMILES string of the molecule is CC(C)C[C@H](NC(=O)[C@H](C/C=C/c1ccccc1)NC(=O)[C@@H]1C/C=C/C[C@H](N)C(=O)N[C@@H](CCCCN)C(=O)N[C@@H](CCCCN)C(=O)N1)C(=O)O. The molecule has 6 atom stereocenters. The van der Waals surface area contributed by atoms with Gasteiger partial charge < -0.3 is 48.9 Å². The Labute approximate surface area is 306 Å². The number of hydrogen-bond acceptors (Lipinski definition) is 9. The molecular weight excluding hydrogens is 668 g/mol. The van der Waals surface area contributed by atoms with Gasteiger partial charge in [0.2, 0.25) is 29.5 Å². The van der Waals surface area contributed by atoms with Crippen molar-refractivity contribution in [2.75, 3.05) is 13.1 Å². The average Bonchev–Trinajstić information content (AvgIpc) is 3.10. The van der Waals surface area contributed by atoms with E-state index >= 15 is 0 Å². The highest BCUT2D eigenvalue weighted by Gasteiger charge is 2.32. The third-order valence-corrected chi connectivity index (χ3v) is 8.49. The number of unbranched alkanes of at least 4 members (excludes halogenated alkanes) is 2. The van der Waals surface area contributed by atoms with Gasteiger partial charge in [-0.3, -0.25) is 24.0 Å². The summed E-state index contributed by atoms with van der Waals surface area (Å²) in [5, 5.41) is 23.2. The predicted molar refractivity (Wildman–Crippen MR) is 199 cm³/mol. The maximum atomic E-state index is 13.9. The molecule has 15 nitrogen and oxygen atoms in total. The zero-order chi connectivity index (χ0) is 38.5. The fourth-order valence-electron chi connectivity index (χ4n) is 5.53. The zero-order valence-corrected chi connectivity index (χ0v) is 30.4. The van der Waals surface area contributed by atoms with E-state index in [1.807, 2.05) is 44.2 Å². The first-order chi connectivity index (χ1) is 24.9. The number of carboxylic acid groups (broad SMARTS) is 1. The van der Waals surface area contributed by atoms with Crippen LogP contribution in [0.25, 0.3) is 6.08 Å². The van der Waals surface area contributed by atoms with E-state index in [1.165, 1.54) is 0 Å². The number of hydrogen-bond donors (Lipinski definition) is 9. The van der Waals surface area contributed by atoms with Gasteiger partial charge in [-0.25, -0.2) is 4.79 Å². The molecule has 0 saturated carbocycles. The Bertz CT molecular complexity index is 1370. The van der Waals surface area contributed by atoms with Crippen LogP contribution in [0.2, 0.25) is 0 Å². The van der Waals surface area contributed by atoms with Crippen molar-refractivity contribution in [3.05, 3.63) is 54.1 Å². The van der Waals surface area contributed by atoms with Crippen LogP contribution in [0.5, 0.6) is 0 Å².